The van der Waals surface area contributed by atoms with E-state index in [0.717, 1.165) is 93.2 Å². The normalized spacial score (nSPS) is 15.2. The second-order valence-electron chi connectivity index (χ2n) is 18.9. The lowest BCUT2D eigenvalue weighted by Gasteiger charge is -2.27. The summed E-state index contributed by atoms with van der Waals surface area (Å²) in [5.74, 6) is 1.38. The molecule has 3 aromatic heterocycles. The molecule has 69 heavy (non-hydrogen) atoms. The van der Waals surface area contributed by atoms with Gasteiger partial charge in [0.15, 0.2) is 17.5 Å². The molecular formula is C63H40N4O2. The molecular weight excluding hydrogens is 845 g/mol. The van der Waals surface area contributed by atoms with Crippen LogP contribution in [0.1, 0.15) is 31.4 Å². The minimum absolute atomic E-state index is 0.143. The lowest BCUT2D eigenvalue weighted by molar-refractivity contribution is 0.586. The molecule has 0 fully saturated rings. The number of hydrogen-bond donors (Lipinski definition) is 0. The first-order valence-corrected chi connectivity index (χ1v) is 23.5. The first-order chi connectivity index (χ1) is 33.9. The summed E-state index contributed by atoms with van der Waals surface area (Å²) in [5.41, 5.74) is 14.2. The smallest absolute Gasteiger partial charge is 0.167 e. The molecule has 9 aromatic carbocycles. The zero-order valence-corrected chi connectivity index (χ0v) is 37.8. The van der Waals surface area contributed by atoms with E-state index in [4.69, 9.17) is 23.8 Å². The Morgan fingerprint density at radius 3 is 1.54 bits per heavy atom. The summed E-state index contributed by atoms with van der Waals surface area (Å²) in [4.78, 5) is 16.2. The molecule has 0 radical (unpaired) electrons. The SMILES string of the molecule is CC1(C)C2=C(C=CC(C#N)C2)c2ccc(-c3nc(-c4cccc5c4oc4c(-c6ccccc6)cc6ccccc6c45)nc(-c4cccc5c4oc4c(-c6ccccc6)cc6ccccc6c45)n3)cc21. The zero-order valence-electron chi connectivity index (χ0n) is 37.8. The highest BCUT2D eigenvalue weighted by molar-refractivity contribution is 6.25. The van der Waals surface area contributed by atoms with Crippen molar-refractivity contribution in [3.63, 3.8) is 0 Å². The van der Waals surface area contributed by atoms with E-state index in [1.807, 2.05) is 18.2 Å². The van der Waals surface area contributed by atoms with E-state index in [2.05, 4.69) is 190 Å². The van der Waals surface area contributed by atoms with Crippen LogP contribution in [0.4, 0.5) is 0 Å². The van der Waals surface area contributed by atoms with Crippen molar-refractivity contribution in [3.8, 4) is 62.5 Å². The fourth-order valence-electron chi connectivity index (χ4n) is 11.3. The van der Waals surface area contributed by atoms with E-state index in [0.29, 0.717) is 35.1 Å². The number of rotatable bonds is 5. The predicted molar refractivity (Wildman–Crippen MR) is 279 cm³/mol. The molecule has 6 nitrogen and oxygen atoms in total. The summed E-state index contributed by atoms with van der Waals surface area (Å²) >= 11 is 0. The molecule has 1 unspecified atom stereocenters. The van der Waals surface area contributed by atoms with Gasteiger partial charge < -0.3 is 8.83 Å². The van der Waals surface area contributed by atoms with Crippen LogP contribution in [0.5, 0.6) is 0 Å². The average Bonchev–Trinajstić information content (AvgIpc) is 4.07. The number of allylic oxidation sites excluding steroid dienone is 4. The molecule has 0 saturated heterocycles. The second-order valence-corrected chi connectivity index (χ2v) is 18.9. The van der Waals surface area contributed by atoms with Crippen molar-refractivity contribution in [2.24, 2.45) is 5.92 Å². The van der Waals surface area contributed by atoms with Crippen LogP contribution in [0.3, 0.4) is 0 Å². The molecule has 3 heterocycles. The second kappa shape index (κ2) is 14.8. The van der Waals surface area contributed by atoms with Crippen LogP contribution in [-0.4, -0.2) is 15.0 Å². The Bertz CT molecular complexity index is 4050. The first kappa shape index (κ1) is 39.3. The van der Waals surface area contributed by atoms with Gasteiger partial charge in [-0.1, -0.05) is 177 Å². The summed E-state index contributed by atoms with van der Waals surface area (Å²) in [6.45, 7) is 4.53. The lowest BCUT2D eigenvalue weighted by atomic mass is 9.76. The van der Waals surface area contributed by atoms with E-state index in [1.54, 1.807) is 0 Å². The van der Waals surface area contributed by atoms with Gasteiger partial charge in [0.05, 0.1) is 23.1 Å². The summed E-state index contributed by atoms with van der Waals surface area (Å²) in [6, 6.07) is 63.9. The number of fused-ring (bicyclic) bond motifs is 12. The number of hydrogen-bond acceptors (Lipinski definition) is 6. The van der Waals surface area contributed by atoms with Crippen LogP contribution >= 0.6 is 0 Å². The first-order valence-electron chi connectivity index (χ1n) is 23.5. The van der Waals surface area contributed by atoms with Crippen molar-refractivity contribution < 1.29 is 8.83 Å². The topological polar surface area (TPSA) is 88.7 Å². The summed E-state index contributed by atoms with van der Waals surface area (Å²) in [6.07, 6.45) is 4.89. The van der Waals surface area contributed by atoms with Gasteiger partial charge in [0.2, 0.25) is 0 Å². The fourth-order valence-corrected chi connectivity index (χ4v) is 11.3. The fraction of sp³-hybridized carbons (Fsp3) is 0.0794. The Labute approximate surface area is 397 Å². The third-order valence-electron chi connectivity index (χ3n) is 14.7. The molecule has 2 aliphatic rings. The third kappa shape index (κ3) is 5.87. The van der Waals surface area contributed by atoms with Crippen molar-refractivity contribution in [3.05, 3.63) is 205 Å². The lowest BCUT2D eigenvalue weighted by Crippen LogP contribution is -2.19. The standard InChI is InChI=1S/C63H40N4O2/c1-63(2)52-31-36(35-64)27-29-44(52)45-30-28-41(34-53(45)63)60-65-61(48-25-13-23-46-54-42-21-11-9-19-39(42)32-50(58(54)68-56(46)48)37-15-5-3-6-16-37)67-62(66-60)49-26-14-24-47-55-43-22-12-10-20-40(43)33-51(59(55)69-57(47)49)38-17-7-4-8-18-38/h3-30,32-34,36H,31H2,1-2H3. The molecule has 0 aliphatic heterocycles. The van der Waals surface area contributed by atoms with Gasteiger partial charge in [-0.25, -0.2) is 15.0 Å². The Morgan fingerprint density at radius 1 is 0.478 bits per heavy atom. The highest BCUT2D eigenvalue weighted by Gasteiger charge is 2.39. The maximum absolute atomic E-state index is 9.91. The Kier molecular flexibility index (Phi) is 8.42. The van der Waals surface area contributed by atoms with Crippen molar-refractivity contribution in [1.82, 2.24) is 15.0 Å². The number of para-hydroxylation sites is 2. The van der Waals surface area contributed by atoms with Gasteiger partial charge in [-0.15, -0.1) is 0 Å². The molecule has 0 N–H and O–H groups in total. The molecule has 0 bridgehead atoms. The van der Waals surface area contributed by atoms with Gasteiger partial charge in [-0.2, -0.15) is 5.26 Å². The van der Waals surface area contributed by atoms with Crippen LogP contribution in [0.15, 0.2) is 202 Å². The number of nitrogens with zero attached hydrogens (tertiary/aromatic N) is 4. The highest BCUT2D eigenvalue weighted by Crippen LogP contribution is 2.52. The summed E-state index contributed by atoms with van der Waals surface area (Å²) in [7, 11) is 0. The predicted octanol–water partition coefficient (Wildman–Crippen LogP) is 16.5. The molecule has 0 amide bonds. The number of nitriles is 1. The van der Waals surface area contributed by atoms with Gasteiger partial charge in [0, 0.05) is 43.7 Å². The molecule has 14 rings (SSSR count). The molecule has 324 valence electrons. The largest absolute Gasteiger partial charge is 0.455 e. The Balaban J connectivity index is 1.03. The third-order valence-corrected chi connectivity index (χ3v) is 14.7. The van der Waals surface area contributed by atoms with Gasteiger partial charge in [-0.05, 0) is 86.1 Å². The van der Waals surface area contributed by atoms with Gasteiger partial charge in [0.25, 0.3) is 0 Å². The van der Waals surface area contributed by atoms with Crippen molar-refractivity contribution >= 4 is 71.0 Å². The minimum Gasteiger partial charge on any atom is -0.455 e. The van der Waals surface area contributed by atoms with E-state index in [-0.39, 0.29) is 11.3 Å². The van der Waals surface area contributed by atoms with Crippen LogP contribution in [0, 0.1) is 17.2 Å². The molecule has 0 saturated carbocycles. The van der Waals surface area contributed by atoms with Gasteiger partial charge in [-0.3, -0.25) is 0 Å². The zero-order chi connectivity index (χ0) is 46.0. The van der Waals surface area contributed by atoms with Crippen LogP contribution in [0.2, 0.25) is 0 Å². The van der Waals surface area contributed by atoms with Crippen LogP contribution < -0.4 is 0 Å². The van der Waals surface area contributed by atoms with E-state index in [1.165, 1.54) is 22.3 Å². The van der Waals surface area contributed by atoms with Crippen molar-refractivity contribution in [2.45, 2.75) is 25.7 Å². The van der Waals surface area contributed by atoms with E-state index in [9.17, 15) is 5.26 Å². The van der Waals surface area contributed by atoms with Crippen molar-refractivity contribution in [2.75, 3.05) is 0 Å². The number of aromatic nitrogens is 3. The molecule has 6 heteroatoms. The van der Waals surface area contributed by atoms with Crippen molar-refractivity contribution in [1.29, 1.82) is 5.26 Å². The van der Waals surface area contributed by atoms with Gasteiger partial charge >= 0.3 is 0 Å². The molecule has 2 aliphatic carbocycles. The van der Waals surface area contributed by atoms with E-state index >= 15 is 0 Å². The Morgan fingerprint density at radius 2 is 0.986 bits per heavy atom. The molecule has 0 spiro atoms. The summed E-state index contributed by atoms with van der Waals surface area (Å²) < 4.78 is 14.3. The Hall–Kier alpha value is -8.92. The molecule has 1 atom stereocenters. The number of benzene rings is 9. The van der Waals surface area contributed by atoms with E-state index < -0.39 is 0 Å². The maximum atomic E-state index is 9.91. The van der Waals surface area contributed by atoms with Crippen LogP contribution in [0.25, 0.3) is 127 Å². The maximum Gasteiger partial charge on any atom is 0.167 e. The average molecular weight is 885 g/mol. The number of furan rings is 2. The minimum atomic E-state index is -0.294. The summed E-state index contributed by atoms with van der Waals surface area (Å²) in [5, 5.41) is 18.5. The van der Waals surface area contributed by atoms with Gasteiger partial charge in [0.1, 0.15) is 22.3 Å². The highest BCUT2D eigenvalue weighted by atomic mass is 16.3. The quantitative estimate of drug-likeness (QED) is 0.171. The van der Waals surface area contributed by atoms with Crippen LogP contribution in [-0.2, 0) is 5.41 Å². The monoisotopic (exact) mass is 884 g/mol. The molecule has 12 aromatic rings.